The molecule has 0 saturated heterocycles. The lowest BCUT2D eigenvalue weighted by atomic mass is 10.1. The minimum Gasteiger partial charge on any atom is -0.480 e. The molecule has 0 fully saturated rings. The third-order valence-corrected chi connectivity index (χ3v) is 3.18. The molecule has 1 rings (SSSR count). The van der Waals surface area contributed by atoms with Gasteiger partial charge >= 0.3 is 5.97 Å². The molecule has 94 valence electrons. The molecule has 0 saturated carbocycles. The fourth-order valence-electron chi connectivity index (χ4n) is 1.68. The van der Waals surface area contributed by atoms with Crippen molar-refractivity contribution in [2.24, 2.45) is 0 Å². The van der Waals surface area contributed by atoms with Crippen molar-refractivity contribution in [3.63, 3.8) is 0 Å². The molecule has 0 amide bonds. The fraction of sp³-hybridized carbons (Fsp3) is 0.462. The highest BCUT2D eigenvalue weighted by atomic mass is 35.5. The average molecular weight is 256 g/mol. The quantitative estimate of drug-likeness (QED) is 0.877. The minimum atomic E-state index is -0.824. The molecule has 1 atom stereocenters. The molecular formula is C13H18ClNO2. The van der Waals surface area contributed by atoms with E-state index in [0.29, 0.717) is 11.6 Å². The normalized spacial score (nSPS) is 12.2. The molecule has 17 heavy (non-hydrogen) atoms. The molecule has 0 aliphatic rings. The van der Waals surface area contributed by atoms with Crippen LogP contribution < -0.4 is 4.90 Å². The van der Waals surface area contributed by atoms with Crippen molar-refractivity contribution in [1.29, 1.82) is 0 Å². The smallest absolute Gasteiger partial charge is 0.326 e. The highest BCUT2D eigenvalue weighted by Gasteiger charge is 2.20. The third-order valence-electron chi connectivity index (χ3n) is 2.78. The number of rotatable bonds is 5. The van der Waals surface area contributed by atoms with Crippen LogP contribution in [0.3, 0.4) is 0 Å². The Balaban J connectivity index is 3.04. The predicted octanol–water partition coefficient (Wildman–Crippen LogP) is 3.34. The second-order valence-electron chi connectivity index (χ2n) is 4.14. The predicted molar refractivity (Wildman–Crippen MR) is 70.9 cm³/mol. The largest absolute Gasteiger partial charge is 0.480 e. The Hall–Kier alpha value is -1.22. The summed E-state index contributed by atoms with van der Waals surface area (Å²) in [4.78, 5) is 12.9. The number of carboxylic acids is 1. The number of hydrogen-bond donors (Lipinski definition) is 1. The first-order valence-corrected chi connectivity index (χ1v) is 6.10. The number of nitrogens with zero attached hydrogens (tertiary/aromatic N) is 1. The molecule has 1 N–H and O–H groups in total. The minimum absolute atomic E-state index is 0.547. The van der Waals surface area contributed by atoms with E-state index < -0.39 is 12.0 Å². The second kappa shape index (κ2) is 5.92. The van der Waals surface area contributed by atoms with E-state index in [4.69, 9.17) is 16.7 Å². The number of carbonyl (C=O) groups is 1. The first kappa shape index (κ1) is 13.8. The van der Waals surface area contributed by atoms with Crippen LogP contribution in [0.15, 0.2) is 18.2 Å². The lowest BCUT2D eigenvalue weighted by Crippen LogP contribution is -2.39. The topological polar surface area (TPSA) is 40.5 Å². The first-order chi connectivity index (χ1) is 7.97. The first-order valence-electron chi connectivity index (χ1n) is 5.73. The third kappa shape index (κ3) is 3.37. The lowest BCUT2D eigenvalue weighted by molar-refractivity contribution is -0.138. The van der Waals surface area contributed by atoms with Gasteiger partial charge in [0.2, 0.25) is 0 Å². The Morgan fingerprint density at radius 1 is 1.53 bits per heavy atom. The van der Waals surface area contributed by atoms with E-state index in [9.17, 15) is 4.79 Å². The molecule has 1 aromatic carbocycles. The standard InChI is InChI=1S/C13H18ClNO2/c1-4-7-15(10(3)13(16)17)11-6-5-9(2)12(14)8-11/h5-6,8,10H,4,7H2,1-3H3,(H,16,17)/t10-/m1/s1. The summed E-state index contributed by atoms with van der Waals surface area (Å²) in [5.41, 5.74) is 1.85. The van der Waals surface area contributed by atoms with Crippen molar-refractivity contribution >= 4 is 23.3 Å². The number of aryl methyl sites for hydroxylation is 1. The maximum absolute atomic E-state index is 11.1. The van der Waals surface area contributed by atoms with Crippen LogP contribution in [0.5, 0.6) is 0 Å². The van der Waals surface area contributed by atoms with Crippen molar-refractivity contribution in [1.82, 2.24) is 0 Å². The van der Waals surface area contributed by atoms with Crippen LogP contribution in [0.1, 0.15) is 25.8 Å². The number of hydrogen-bond acceptors (Lipinski definition) is 2. The van der Waals surface area contributed by atoms with Gasteiger partial charge in [-0.15, -0.1) is 0 Å². The van der Waals surface area contributed by atoms with Gasteiger partial charge in [-0.2, -0.15) is 0 Å². The van der Waals surface area contributed by atoms with Crippen LogP contribution in [0.4, 0.5) is 5.69 Å². The molecule has 3 nitrogen and oxygen atoms in total. The SMILES string of the molecule is CCCN(c1ccc(C)c(Cl)c1)[C@H](C)C(=O)O. The van der Waals surface area contributed by atoms with Crippen LogP contribution in [0.25, 0.3) is 0 Å². The molecule has 0 aliphatic heterocycles. The van der Waals surface area contributed by atoms with E-state index in [2.05, 4.69) is 0 Å². The molecular weight excluding hydrogens is 238 g/mol. The zero-order valence-corrected chi connectivity index (χ0v) is 11.2. The summed E-state index contributed by atoms with van der Waals surface area (Å²) in [6.45, 7) is 6.34. The molecule has 0 unspecified atom stereocenters. The van der Waals surface area contributed by atoms with Crippen LogP contribution in [-0.2, 0) is 4.79 Å². The van der Waals surface area contributed by atoms with Crippen LogP contribution in [-0.4, -0.2) is 23.7 Å². The Kier molecular flexibility index (Phi) is 4.82. The van der Waals surface area contributed by atoms with Gasteiger partial charge in [0.15, 0.2) is 0 Å². The lowest BCUT2D eigenvalue weighted by Gasteiger charge is -2.28. The Bertz CT molecular complexity index is 406. The zero-order valence-electron chi connectivity index (χ0n) is 10.4. The molecule has 0 spiro atoms. The summed E-state index contributed by atoms with van der Waals surface area (Å²) in [5.74, 6) is -0.824. The van der Waals surface area contributed by atoms with Crippen molar-refractivity contribution in [3.05, 3.63) is 28.8 Å². The van der Waals surface area contributed by atoms with E-state index in [1.54, 1.807) is 6.92 Å². The van der Waals surface area contributed by atoms with E-state index in [-0.39, 0.29) is 0 Å². The van der Waals surface area contributed by atoms with Gasteiger partial charge in [-0.1, -0.05) is 24.6 Å². The van der Waals surface area contributed by atoms with Gasteiger partial charge in [-0.3, -0.25) is 0 Å². The van der Waals surface area contributed by atoms with Crippen molar-refractivity contribution < 1.29 is 9.90 Å². The van der Waals surface area contributed by atoms with E-state index in [0.717, 1.165) is 17.7 Å². The highest BCUT2D eigenvalue weighted by Crippen LogP contribution is 2.24. The monoisotopic (exact) mass is 255 g/mol. The number of anilines is 1. The summed E-state index contributed by atoms with van der Waals surface area (Å²) in [6, 6.07) is 5.10. The highest BCUT2D eigenvalue weighted by molar-refractivity contribution is 6.31. The molecule has 0 aliphatic carbocycles. The molecule has 0 bridgehead atoms. The second-order valence-corrected chi connectivity index (χ2v) is 4.55. The van der Waals surface area contributed by atoms with E-state index >= 15 is 0 Å². The summed E-state index contributed by atoms with van der Waals surface area (Å²) in [6.07, 6.45) is 0.892. The van der Waals surface area contributed by atoms with Crippen LogP contribution in [0, 0.1) is 6.92 Å². The molecule has 1 aromatic rings. The molecule has 4 heteroatoms. The molecule has 0 heterocycles. The Morgan fingerprint density at radius 2 is 2.18 bits per heavy atom. The van der Waals surface area contributed by atoms with Crippen molar-refractivity contribution in [2.45, 2.75) is 33.2 Å². The van der Waals surface area contributed by atoms with Crippen molar-refractivity contribution in [2.75, 3.05) is 11.4 Å². The van der Waals surface area contributed by atoms with Crippen molar-refractivity contribution in [3.8, 4) is 0 Å². The van der Waals surface area contributed by atoms with Gasteiger partial charge in [0.1, 0.15) is 6.04 Å². The van der Waals surface area contributed by atoms with Crippen LogP contribution in [0.2, 0.25) is 5.02 Å². The average Bonchev–Trinajstić information content (AvgIpc) is 2.29. The maximum Gasteiger partial charge on any atom is 0.326 e. The number of aliphatic carboxylic acids is 1. The summed E-state index contributed by atoms with van der Waals surface area (Å²) >= 11 is 6.07. The van der Waals surface area contributed by atoms with Gasteiger partial charge in [0.25, 0.3) is 0 Å². The van der Waals surface area contributed by atoms with Gasteiger partial charge < -0.3 is 10.0 Å². The Morgan fingerprint density at radius 3 is 2.65 bits per heavy atom. The van der Waals surface area contributed by atoms with Gasteiger partial charge in [-0.05, 0) is 38.0 Å². The fourth-order valence-corrected chi connectivity index (χ4v) is 1.86. The number of benzene rings is 1. The number of carboxylic acid groups (broad SMARTS) is 1. The van der Waals surface area contributed by atoms with E-state index in [1.807, 2.05) is 36.9 Å². The Labute approximate surface area is 107 Å². The van der Waals surface area contributed by atoms with Gasteiger partial charge in [0.05, 0.1) is 0 Å². The van der Waals surface area contributed by atoms with Gasteiger partial charge in [-0.25, -0.2) is 4.79 Å². The molecule has 0 aromatic heterocycles. The summed E-state index contributed by atoms with van der Waals surface area (Å²) in [7, 11) is 0. The number of halogens is 1. The van der Waals surface area contributed by atoms with E-state index in [1.165, 1.54) is 0 Å². The summed E-state index contributed by atoms with van der Waals surface area (Å²) < 4.78 is 0. The maximum atomic E-state index is 11.1. The summed E-state index contributed by atoms with van der Waals surface area (Å²) in [5, 5.41) is 9.76. The van der Waals surface area contributed by atoms with Gasteiger partial charge in [0, 0.05) is 17.3 Å². The van der Waals surface area contributed by atoms with Crippen LogP contribution >= 0.6 is 11.6 Å². The zero-order chi connectivity index (χ0) is 13.0. The molecule has 0 radical (unpaired) electrons.